The van der Waals surface area contributed by atoms with Crippen molar-refractivity contribution in [2.45, 2.75) is 33.4 Å². The van der Waals surface area contributed by atoms with Crippen molar-refractivity contribution in [3.05, 3.63) is 123 Å². The Morgan fingerprint density at radius 3 is 2.56 bits per heavy atom. The summed E-state index contributed by atoms with van der Waals surface area (Å²) in [5.74, 6) is -0.322. The van der Waals surface area contributed by atoms with Gasteiger partial charge in [0.1, 0.15) is 6.54 Å². The first kappa shape index (κ1) is 26.7. The smallest absolute Gasteiger partial charge is 0.283 e. The Kier molecular flexibility index (Phi) is 6.55. The summed E-state index contributed by atoms with van der Waals surface area (Å²) in [5, 5.41) is 4.84. The Balaban J connectivity index is 1.33. The lowest BCUT2D eigenvalue weighted by Gasteiger charge is -2.13. The molecular formula is C33H28N6O3S. The van der Waals surface area contributed by atoms with Crippen LogP contribution in [0.1, 0.15) is 16.8 Å². The maximum atomic E-state index is 14.2. The number of aryl methyl sites for hydroxylation is 3. The van der Waals surface area contributed by atoms with E-state index in [0.29, 0.717) is 40.4 Å². The maximum absolute atomic E-state index is 14.2. The number of rotatable bonds is 7. The first-order valence-electron chi connectivity index (χ1n) is 14.0. The van der Waals surface area contributed by atoms with Crippen molar-refractivity contribution < 1.29 is 4.79 Å². The molecule has 0 saturated carbocycles. The van der Waals surface area contributed by atoms with E-state index in [1.807, 2.05) is 79.9 Å². The van der Waals surface area contributed by atoms with Crippen LogP contribution < -0.4 is 16.4 Å². The summed E-state index contributed by atoms with van der Waals surface area (Å²) in [6, 6.07) is 24.6. The average molecular weight is 589 g/mol. The summed E-state index contributed by atoms with van der Waals surface area (Å²) in [4.78, 5) is 49.0. The summed E-state index contributed by atoms with van der Waals surface area (Å²) in [6.07, 6.45) is 2.58. The number of nitrogens with zero attached hydrogens (tertiary/aromatic N) is 4. The first-order chi connectivity index (χ1) is 20.9. The number of pyridine rings is 1. The van der Waals surface area contributed by atoms with E-state index in [1.54, 1.807) is 16.2 Å². The lowest BCUT2D eigenvalue weighted by atomic mass is 10.1. The molecule has 43 heavy (non-hydrogen) atoms. The number of fused-ring (bicyclic) bond motifs is 3. The number of thiazole rings is 1. The summed E-state index contributed by atoms with van der Waals surface area (Å²) in [6.45, 7) is 3.99. The fourth-order valence-corrected chi connectivity index (χ4v) is 6.64. The minimum atomic E-state index is -0.324. The highest BCUT2D eigenvalue weighted by atomic mass is 32.1. The average Bonchev–Trinajstić information content (AvgIpc) is 3.68. The van der Waals surface area contributed by atoms with Crippen molar-refractivity contribution in [1.82, 2.24) is 23.9 Å². The highest BCUT2D eigenvalue weighted by Gasteiger charge is 2.23. The van der Waals surface area contributed by atoms with Gasteiger partial charge in [-0.25, -0.2) is 4.98 Å². The van der Waals surface area contributed by atoms with Crippen LogP contribution in [0.5, 0.6) is 0 Å². The zero-order valence-electron chi connectivity index (χ0n) is 23.6. The van der Waals surface area contributed by atoms with E-state index < -0.39 is 0 Å². The monoisotopic (exact) mass is 588 g/mol. The molecular weight excluding hydrogens is 560 g/mol. The Hall–Kier alpha value is -5.22. The van der Waals surface area contributed by atoms with Crippen LogP contribution in [0.4, 0.5) is 5.69 Å². The van der Waals surface area contributed by atoms with Gasteiger partial charge < -0.3 is 14.9 Å². The molecule has 1 amide bonds. The molecule has 4 aromatic heterocycles. The molecule has 0 aliphatic rings. The highest BCUT2D eigenvalue weighted by Crippen LogP contribution is 2.26. The molecule has 3 aromatic carbocycles. The van der Waals surface area contributed by atoms with E-state index >= 15 is 0 Å². The van der Waals surface area contributed by atoms with Crippen molar-refractivity contribution in [1.29, 1.82) is 0 Å². The predicted molar refractivity (Wildman–Crippen MR) is 172 cm³/mol. The zero-order chi connectivity index (χ0) is 29.7. The van der Waals surface area contributed by atoms with Crippen molar-refractivity contribution in [3.63, 3.8) is 0 Å². The number of nitrogens with one attached hydrogen (secondary N) is 2. The molecule has 9 nitrogen and oxygen atoms in total. The minimum absolute atomic E-state index is 0.180. The molecule has 0 aliphatic heterocycles. The second-order valence-electron chi connectivity index (χ2n) is 10.6. The Labute approximate surface area is 249 Å². The number of hydrogen-bond acceptors (Lipinski definition) is 5. The van der Waals surface area contributed by atoms with Gasteiger partial charge >= 0.3 is 0 Å². The van der Waals surface area contributed by atoms with Gasteiger partial charge in [-0.05, 0) is 56.2 Å². The van der Waals surface area contributed by atoms with Crippen LogP contribution in [-0.4, -0.2) is 29.8 Å². The summed E-state index contributed by atoms with van der Waals surface area (Å²) in [7, 11) is 0. The molecule has 0 radical (unpaired) electrons. The highest BCUT2D eigenvalue weighted by molar-refractivity contribution is 7.20. The molecule has 0 unspecified atom stereocenters. The van der Waals surface area contributed by atoms with Gasteiger partial charge in [0.05, 0.1) is 21.1 Å². The first-order valence-corrected chi connectivity index (χ1v) is 14.8. The number of carbonyl (C=O) groups excluding carboxylic acids is 1. The third-order valence-electron chi connectivity index (χ3n) is 7.85. The van der Waals surface area contributed by atoms with E-state index in [1.165, 1.54) is 22.1 Å². The summed E-state index contributed by atoms with van der Waals surface area (Å²) >= 11 is 1.36. The molecule has 214 valence electrons. The number of benzene rings is 3. The van der Waals surface area contributed by atoms with Crippen LogP contribution in [0, 0.1) is 13.8 Å². The van der Waals surface area contributed by atoms with E-state index in [9.17, 15) is 14.4 Å². The van der Waals surface area contributed by atoms with Gasteiger partial charge in [0, 0.05) is 41.1 Å². The quantitative estimate of drug-likeness (QED) is 0.255. The van der Waals surface area contributed by atoms with E-state index in [4.69, 9.17) is 4.98 Å². The molecule has 0 bridgehead atoms. The van der Waals surface area contributed by atoms with Crippen LogP contribution in [-0.2, 0) is 24.3 Å². The lowest BCUT2D eigenvalue weighted by molar-refractivity contribution is -0.116. The van der Waals surface area contributed by atoms with Crippen molar-refractivity contribution in [2.75, 3.05) is 5.32 Å². The van der Waals surface area contributed by atoms with Gasteiger partial charge in [0.15, 0.2) is 0 Å². The second kappa shape index (κ2) is 10.6. The molecule has 7 aromatic rings. The molecule has 2 N–H and O–H groups in total. The van der Waals surface area contributed by atoms with Crippen LogP contribution in [0.25, 0.3) is 37.2 Å². The zero-order valence-corrected chi connectivity index (χ0v) is 24.4. The third-order valence-corrected chi connectivity index (χ3v) is 8.86. The topological polar surface area (TPSA) is 107 Å². The van der Waals surface area contributed by atoms with E-state index in [2.05, 4.69) is 16.4 Å². The molecule has 0 atom stereocenters. The Morgan fingerprint density at radius 1 is 0.977 bits per heavy atom. The van der Waals surface area contributed by atoms with Gasteiger partial charge in [-0.1, -0.05) is 59.4 Å². The fourth-order valence-electron chi connectivity index (χ4n) is 5.66. The number of aromatic nitrogens is 5. The molecule has 0 spiro atoms. The van der Waals surface area contributed by atoms with Crippen molar-refractivity contribution >= 4 is 55.0 Å². The van der Waals surface area contributed by atoms with E-state index in [-0.39, 0.29) is 23.6 Å². The van der Waals surface area contributed by atoms with Crippen LogP contribution in [0.3, 0.4) is 0 Å². The number of aromatic amines is 1. The minimum Gasteiger partial charge on any atom is -0.361 e. The van der Waals surface area contributed by atoms with Crippen LogP contribution >= 0.6 is 11.3 Å². The number of carbonyl (C=O) groups is 1. The molecule has 0 aliphatic carbocycles. The summed E-state index contributed by atoms with van der Waals surface area (Å²) < 4.78 is 5.56. The maximum Gasteiger partial charge on any atom is 0.283 e. The second-order valence-corrected chi connectivity index (χ2v) is 11.7. The predicted octanol–water partition coefficient (Wildman–Crippen LogP) is 5.54. The van der Waals surface area contributed by atoms with Crippen molar-refractivity contribution in [2.24, 2.45) is 0 Å². The van der Waals surface area contributed by atoms with Crippen LogP contribution in [0.15, 0.2) is 94.6 Å². The van der Waals surface area contributed by atoms with Gasteiger partial charge in [-0.15, -0.1) is 0 Å². The molecule has 10 heteroatoms. The van der Waals surface area contributed by atoms with Crippen LogP contribution in [0.2, 0.25) is 0 Å². The van der Waals surface area contributed by atoms with E-state index in [0.717, 1.165) is 32.2 Å². The van der Waals surface area contributed by atoms with Gasteiger partial charge in [0.2, 0.25) is 11.0 Å². The largest absolute Gasteiger partial charge is 0.361 e. The lowest BCUT2D eigenvalue weighted by Crippen LogP contribution is -2.27. The molecule has 4 heterocycles. The Bertz CT molecular complexity index is 2250. The Morgan fingerprint density at radius 2 is 1.74 bits per heavy atom. The summed E-state index contributed by atoms with van der Waals surface area (Å²) in [5.41, 5.74) is 5.01. The number of amides is 1. The van der Waals surface area contributed by atoms with Gasteiger partial charge in [0.25, 0.3) is 11.1 Å². The standard InChI is InChI=1S/C33H28N6O3S/c1-20-11-13-23(14-12-20)35-29(40)19-38-27-17-30(41)37(16-15-22-18-34-25-8-4-3-7-24(22)25)21(2)31(27)32(42)39(38)33-36-26-9-5-6-10-28(26)43-33/h3-14,17-18,34H,15-16,19H2,1-2H3,(H,35,40). The van der Waals surface area contributed by atoms with Gasteiger partial charge in [-0.2, -0.15) is 4.68 Å². The molecule has 7 rings (SSSR count). The van der Waals surface area contributed by atoms with Crippen molar-refractivity contribution in [3.8, 4) is 5.13 Å². The van der Waals surface area contributed by atoms with Gasteiger partial charge in [-0.3, -0.25) is 19.1 Å². The number of hydrogen-bond donors (Lipinski definition) is 2. The number of anilines is 1. The normalized spacial score (nSPS) is 11.6. The SMILES string of the molecule is Cc1ccc(NC(=O)Cn2c3cc(=O)n(CCc4c[nH]c5ccccc45)c(C)c3c(=O)n2-c2nc3ccccc3s2)cc1. The fraction of sp³-hybridized carbons (Fsp3) is 0.152. The molecule has 0 fully saturated rings. The third kappa shape index (κ3) is 4.75. The number of H-pyrrole nitrogens is 1. The molecule has 0 saturated heterocycles. The number of para-hydroxylation sites is 2.